The molecule has 5 rings (SSSR count). The van der Waals surface area contributed by atoms with E-state index in [1.807, 2.05) is 39.9 Å². The molecule has 1 atom stereocenters. The fourth-order valence-electron chi connectivity index (χ4n) is 4.39. The second-order valence-electron chi connectivity index (χ2n) is 8.45. The van der Waals surface area contributed by atoms with Crippen LogP contribution in [0.3, 0.4) is 0 Å². The average Bonchev–Trinajstić information content (AvgIpc) is 3.53. The van der Waals surface area contributed by atoms with Crippen LogP contribution in [0.15, 0.2) is 71.2 Å². The molecule has 0 saturated carbocycles. The number of carbonyl (C=O) groups is 1. The Morgan fingerprint density at radius 3 is 2.69 bits per heavy atom. The zero-order valence-corrected chi connectivity index (χ0v) is 21.5. The molecule has 188 valence electrons. The number of benzene rings is 2. The number of fused-ring (bicyclic) bond motifs is 1. The number of aromatic nitrogens is 2. The number of piperazine rings is 1. The Balaban J connectivity index is 1.25. The summed E-state index contributed by atoms with van der Waals surface area (Å²) in [5, 5.41) is 13.7. The Kier molecular flexibility index (Phi) is 6.89. The summed E-state index contributed by atoms with van der Waals surface area (Å²) >= 11 is 7.34. The third-order valence-corrected chi connectivity index (χ3v) is 8.63. The highest BCUT2D eigenvalue weighted by Gasteiger charge is 2.30. The fourth-order valence-corrected chi connectivity index (χ4v) is 6.34. The van der Waals surface area contributed by atoms with E-state index in [1.165, 1.54) is 17.5 Å². The first-order valence-electron chi connectivity index (χ1n) is 11.3. The topological polar surface area (TPSA) is 108 Å². The van der Waals surface area contributed by atoms with Crippen molar-refractivity contribution in [1.82, 2.24) is 14.5 Å². The van der Waals surface area contributed by atoms with Gasteiger partial charge in [-0.25, -0.2) is 13.4 Å². The van der Waals surface area contributed by atoms with Gasteiger partial charge in [0.2, 0.25) is 5.91 Å². The number of thiazole rings is 1. The van der Waals surface area contributed by atoms with Gasteiger partial charge in [0.15, 0.2) is 5.13 Å². The minimum atomic E-state index is -3.73. The summed E-state index contributed by atoms with van der Waals surface area (Å²) < 4.78 is 29.5. The molecule has 12 heteroatoms. The summed E-state index contributed by atoms with van der Waals surface area (Å²) in [7, 11) is -3.73. The van der Waals surface area contributed by atoms with Crippen LogP contribution in [-0.2, 0) is 21.4 Å². The van der Waals surface area contributed by atoms with Gasteiger partial charge in [-0.2, -0.15) is 0 Å². The number of rotatable bonds is 7. The van der Waals surface area contributed by atoms with Gasteiger partial charge in [0, 0.05) is 53.6 Å². The molecule has 1 amide bonds. The SMILES string of the molecule is O=C(Cn1ccc2ccc(Cl)cc21)N1CCN(c2ccc(S(=O)(=O)Nc3nccs3)cc2)C[C@H]1CO. The molecule has 0 bridgehead atoms. The van der Waals surface area contributed by atoms with Gasteiger partial charge in [-0.15, -0.1) is 11.3 Å². The second kappa shape index (κ2) is 10.1. The third kappa shape index (κ3) is 5.05. The molecule has 0 radical (unpaired) electrons. The van der Waals surface area contributed by atoms with E-state index in [0.717, 1.165) is 16.6 Å². The predicted molar refractivity (Wildman–Crippen MR) is 141 cm³/mol. The molecule has 1 aliphatic heterocycles. The van der Waals surface area contributed by atoms with Crippen molar-refractivity contribution in [2.45, 2.75) is 17.5 Å². The Labute approximate surface area is 217 Å². The molecule has 0 unspecified atom stereocenters. The van der Waals surface area contributed by atoms with Gasteiger partial charge in [-0.05, 0) is 47.9 Å². The molecule has 3 heterocycles. The maximum atomic E-state index is 13.2. The highest BCUT2D eigenvalue weighted by molar-refractivity contribution is 7.93. The molecule has 0 spiro atoms. The van der Waals surface area contributed by atoms with Gasteiger partial charge in [-0.1, -0.05) is 17.7 Å². The average molecular weight is 546 g/mol. The molecule has 1 fully saturated rings. The quantitative estimate of drug-likeness (QED) is 0.369. The number of nitrogens with one attached hydrogen (secondary N) is 1. The van der Waals surface area contributed by atoms with Crippen molar-refractivity contribution in [3.63, 3.8) is 0 Å². The summed E-state index contributed by atoms with van der Waals surface area (Å²) in [5.74, 6) is -0.0825. The van der Waals surface area contributed by atoms with E-state index < -0.39 is 10.0 Å². The zero-order chi connectivity index (χ0) is 25.3. The number of nitrogens with zero attached hydrogens (tertiary/aromatic N) is 4. The number of aliphatic hydroxyl groups is 1. The number of sulfonamides is 1. The number of hydrogen-bond donors (Lipinski definition) is 2. The molecular weight excluding hydrogens is 522 g/mol. The molecule has 36 heavy (non-hydrogen) atoms. The molecule has 2 aromatic heterocycles. The van der Waals surface area contributed by atoms with Crippen molar-refractivity contribution in [2.75, 3.05) is 35.9 Å². The van der Waals surface area contributed by atoms with Crippen molar-refractivity contribution in [3.05, 3.63) is 71.3 Å². The van der Waals surface area contributed by atoms with Gasteiger partial charge in [0.25, 0.3) is 10.0 Å². The van der Waals surface area contributed by atoms with Crippen LogP contribution in [0.25, 0.3) is 10.9 Å². The van der Waals surface area contributed by atoms with E-state index in [-0.39, 0.29) is 30.0 Å². The lowest BCUT2D eigenvalue weighted by atomic mass is 10.1. The summed E-state index contributed by atoms with van der Waals surface area (Å²) in [4.78, 5) is 21.0. The maximum Gasteiger partial charge on any atom is 0.263 e. The van der Waals surface area contributed by atoms with E-state index in [1.54, 1.807) is 34.5 Å². The molecule has 1 saturated heterocycles. The van der Waals surface area contributed by atoms with Gasteiger partial charge >= 0.3 is 0 Å². The van der Waals surface area contributed by atoms with Gasteiger partial charge < -0.3 is 19.5 Å². The third-order valence-electron chi connectivity index (χ3n) is 6.22. The van der Waals surface area contributed by atoms with Crippen LogP contribution in [0.1, 0.15) is 0 Å². The van der Waals surface area contributed by atoms with Gasteiger partial charge in [-0.3, -0.25) is 9.52 Å². The Morgan fingerprint density at radius 1 is 1.17 bits per heavy atom. The number of hydrogen-bond acceptors (Lipinski definition) is 7. The number of halogens is 1. The molecule has 4 aromatic rings. The normalized spacial score (nSPS) is 16.4. The molecule has 0 aliphatic carbocycles. The Hall–Kier alpha value is -3.12. The van der Waals surface area contributed by atoms with E-state index in [4.69, 9.17) is 11.6 Å². The van der Waals surface area contributed by atoms with Gasteiger partial charge in [0.05, 0.1) is 17.5 Å². The van der Waals surface area contributed by atoms with Crippen molar-refractivity contribution in [2.24, 2.45) is 0 Å². The lowest BCUT2D eigenvalue weighted by molar-refractivity contribution is -0.135. The highest BCUT2D eigenvalue weighted by atomic mass is 35.5. The van der Waals surface area contributed by atoms with Crippen molar-refractivity contribution >= 4 is 60.6 Å². The van der Waals surface area contributed by atoms with Crippen LogP contribution in [0, 0.1) is 0 Å². The van der Waals surface area contributed by atoms with Crippen LogP contribution in [0.5, 0.6) is 0 Å². The number of carbonyl (C=O) groups excluding carboxylic acids is 1. The molecule has 9 nitrogen and oxygen atoms in total. The number of amides is 1. The Morgan fingerprint density at radius 2 is 1.97 bits per heavy atom. The van der Waals surface area contributed by atoms with E-state index in [0.29, 0.717) is 29.8 Å². The predicted octanol–water partition coefficient (Wildman–Crippen LogP) is 3.26. The summed E-state index contributed by atoms with van der Waals surface area (Å²) in [5.41, 5.74) is 1.70. The largest absolute Gasteiger partial charge is 0.394 e. The molecule has 1 aliphatic rings. The molecule has 2 aromatic carbocycles. The fraction of sp³-hybridized carbons (Fsp3) is 0.250. The first-order valence-corrected chi connectivity index (χ1v) is 14.0. The van der Waals surface area contributed by atoms with Crippen molar-refractivity contribution in [1.29, 1.82) is 0 Å². The first-order chi connectivity index (χ1) is 17.3. The smallest absolute Gasteiger partial charge is 0.263 e. The molecule has 2 N–H and O–H groups in total. The maximum absolute atomic E-state index is 13.2. The van der Waals surface area contributed by atoms with Crippen LogP contribution in [0.4, 0.5) is 10.8 Å². The number of aliphatic hydroxyl groups excluding tert-OH is 1. The standard InChI is InChI=1S/C24H24ClN5O4S2/c25-18-2-1-17-7-9-29(22(17)13-18)15-23(32)30-11-10-28(14-20(30)16-31)19-3-5-21(6-4-19)36(33,34)27-24-26-8-12-35-24/h1-9,12-13,20,31H,10-11,14-16H2,(H,26,27)/t20-/m0/s1. The van der Waals surface area contributed by atoms with Crippen LogP contribution >= 0.6 is 22.9 Å². The minimum absolute atomic E-state index is 0.0825. The lowest BCUT2D eigenvalue weighted by Gasteiger charge is -2.42. The first kappa shape index (κ1) is 24.6. The minimum Gasteiger partial charge on any atom is -0.394 e. The van der Waals surface area contributed by atoms with Crippen LogP contribution in [0.2, 0.25) is 5.02 Å². The highest BCUT2D eigenvalue weighted by Crippen LogP contribution is 2.25. The van der Waals surface area contributed by atoms with E-state index in [2.05, 4.69) is 9.71 Å². The summed E-state index contributed by atoms with van der Waals surface area (Å²) in [6.07, 6.45) is 3.39. The van der Waals surface area contributed by atoms with Crippen LogP contribution < -0.4 is 9.62 Å². The zero-order valence-electron chi connectivity index (χ0n) is 19.1. The lowest BCUT2D eigenvalue weighted by Crippen LogP contribution is -2.57. The van der Waals surface area contributed by atoms with E-state index >= 15 is 0 Å². The molecular formula is C24H24ClN5O4S2. The van der Waals surface area contributed by atoms with Gasteiger partial charge in [0.1, 0.15) is 6.54 Å². The van der Waals surface area contributed by atoms with Crippen molar-refractivity contribution < 1.29 is 18.3 Å². The second-order valence-corrected chi connectivity index (χ2v) is 11.5. The Bertz CT molecular complexity index is 1470. The summed E-state index contributed by atoms with van der Waals surface area (Å²) in [6.45, 7) is 1.41. The number of anilines is 2. The van der Waals surface area contributed by atoms with Crippen molar-refractivity contribution in [3.8, 4) is 0 Å². The monoisotopic (exact) mass is 545 g/mol. The van der Waals surface area contributed by atoms with Crippen LogP contribution in [-0.4, -0.2) is 66.2 Å². The summed E-state index contributed by atoms with van der Waals surface area (Å²) in [6, 6.07) is 13.7. The van der Waals surface area contributed by atoms with E-state index in [9.17, 15) is 18.3 Å².